The molecule has 0 aromatic heterocycles. The summed E-state index contributed by atoms with van der Waals surface area (Å²) in [5, 5.41) is 0. The fourth-order valence-electron chi connectivity index (χ4n) is 4.00. The molecule has 0 bridgehead atoms. The average molecular weight is 431 g/mol. The van der Waals surface area contributed by atoms with Crippen LogP contribution in [0.5, 0.6) is 11.5 Å². The number of nitrogens with zero attached hydrogens (tertiary/aromatic N) is 1. The highest BCUT2D eigenvalue weighted by Crippen LogP contribution is 2.38. The molecule has 2 aromatic carbocycles. The molecule has 8 heteroatoms. The second kappa shape index (κ2) is 8.55. The van der Waals surface area contributed by atoms with Gasteiger partial charge in [0.05, 0.1) is 11.8 Å². The molecule has 0 saturated carbocycles. The SMILES string of the molecule is CCCS(=O)(=O)Nc1cccc(C(=O)N2CCCC2c2ccc3c(c2)OCCO3)c1. The molecule has 1 N–H and O–H groups in total. The van der Waals surface area contributed by atoms with Crippen molar-refractivity contribution in [2.24, 2.45) is 0 Å². The molecule has 1 unspecified atom stereocenters. The summed E-state index contributed by atoms with van der Waals surface area (Å²) in [4.78, 5) is 15.1. The van der Waals surface area contributed by atoms with Crippen molar-refractivity contribution in [3.63, 3.8) is 0 Å². The number of rotatable bonds is 6. The Kier molecular flexibility index (Phi) is 5.85. The van der Waals surface area contributed by atoms with Crippen molar-refractivity contribution in [1.82, 2.24) is 4.90 Å². The number of hydrogen-bond acceptors (Lipinski definition) is 5. The van der Waals surface area contributed by atoms with Crippen molar-refractivity contribution in [2.45, 2.75) is 32.2 Å². The predicted molar refractivity (Wildman–Crippen MR) is 115 cm³/mol. The summed E-state index contributed by atoms with van der Waals surface area (Å²) in [5.41, 5.74) is 1.89. The quantitative estimate of drug-likeness (QED) is 0.757. The third-order valence-corrected chi connectivity index (χ3v) is 6.81. The van der Waals surface area contributed by atoms with Crippen LogP contribution < -0.4 is 14.2 Å². The zero-order valence-electron chi connectivity index (χ0n) is 17.0. The van der Waals surface area contributed by atoms with E-state index in [-0.39, 0.29) is 17.7 Å². The van der Waals surface area contributed by atoms with Crippen molar-refractivity contribution in [3.8, 4) is 11.5 Å². The molecule has 1 amide bonds. The van der Waals surface area contributed by atoms with Crippen LogP contribution in [0.25, 0.3) is 0 Å². The molecule has 2 aromatic rings. The minimum atomic E-state index is -3.41. The van der Waals surface area contributed by atoms with Gasteiger partial charge in [-0.2, -0.15) is 0 Å². The molecule has 2 aliphatic heterocycles. The molecule has 30 heavy (non-hydrogen) atoms. The van der Waals surface area contributed by atoms with Gasteiger partial charge >= 0.3 is 0 Å². The number of sulfonamides is 1. The van der Waals surface area contributed by atoms with Crippen molar-refractivity contribution < 1.29 is 22.7 Å². The van der Waals surface area contributed by atoms with E-state index in [4.69, 9.17) is 9.47 Å². The number of carbonyl (C=O) groups excluding carboxylic acids is 1. The molecule has 4 rings (SSSR count). The Morgan fingerprint density at radius 1 is 1.13 bits per heavy atom. The minimum absolute atomic E-state index is 0.0451. The van der Waals surface area contributed by atoms with Crippen LogP contribution in [0.3, 0.4) is 0 Å². The highest BCUT2D eigenvalue weighted by Gasteiger charge is 2.31. The maximum atomic E-state index is 13.3. The lowest BCUT2D eigenvalue weighted by Gasteiger charge is -2.27. The largest absolute Gasteiger partial charge is 0.486 e. The van der Waals surface area contributed by atoms with E-state index in [1.54, 1.807) is 24.3 Å². The molecular weight excluding hydrogens is 404 g/mol. The first-order valence-corrected chi connectivity index (χ1v) is 11.9. The van der Waals surface area contributed by atoms with Crippen molar-refractivity contribution in [1.29, 1.82) is 0 Å². The number of ether oxygens (including phenoxy) is 2. The molecule has 160 valence electrons. The van der Waals surface area contributed by atoms with E-state index in [0.29, 0.717) is 43.2 Å². The third-order valence-electron chi connectivity index (χ3n) is 5.32. The summed E-state index contributed by atoms with van der Waals surface area (Å²) in [6, 6.07) is 12.5. The summed E-state index contributed by atoms with van der Waals surface area (Å²) in [6.07, 6.45) is 2.31. The number of amides is 1. The highest BCUT2D eigenvalue weighted by atomic mass is 32.2. The van der Waals surface area contributed by atoms with Crippen molar-refractivity contribution in [3.05, 3.63) is 53.6 Å². The second-order valence-electron chi connectivity index (χ2n) is 7.56. The lowest BCUT2D eigenvalue weighted by atomic mass is 10.0. The number of likely N-dealkylation sites (tertiary alicyclic amines) is 1. The monoisotopic (exact) mass is 430 g/mol. The van der Waals surface area contributed by atoms with E-state index in [2.05, 4.69) is 4.72 Å². The van der Waals surface area contributed by atoms with Crippen LogP contribution in [-0.4, -0.2) is 44.7 Å². The number of anilines is 1. The van der Waals surface area contributed by atoms with Gasteiger partial charge in [0.15, 0.2) is 11.5 Å². The van der Waals surface area contributed by atoms with Gasteiger partial charge in [-0.1, -0.05) is 19.1 Å². The van der Waals surface area contributed by atoms with Gasteiger partial charge < -0.3 is 14.4 Å². The Morgan fingerprint density at radius 2 is 1.93 bits per heavy atom. The van der Waals surface area contributed by atoms with E-state index >= 15 is 0 Å². The first-order chi connectivity index (χ1) is 14.5. The lowest BCUT2D eigenvalue weighted by Crippen LogP contribution is -2.30. The van der Waals surface area contributed by atoms with Crippen molar-refractivity contribution >= 4 is 21.6 Å². The number of hydrogen-bond donors (Lipinski definition) is 1. The predicted octanol–water partition coefficient (Wildman–Crippen LogP) is 3.59. The normalized spacial score (nSPS) is 18.3. The molecular formula is C22H26N2O5S. The van der Waals surface area contributed by atoms with Gasteiger partial charge in [-0.15, -0.1) is 0 Å². The Hall–Kier alpha value is -2.74. The Bertz CT molecular complexity index is 1040. The summed E-state index contributed by atoms with van der Waals surface area (Å²) in [6.45, 7) is 3.53. The summed E-state index contributed by atoms with van der Waals surface area (Å²) in [7, 11) is -3.41. The number of benzene rings is 2. The molecule has 2 aliphatic rings. The van der Waals surface area contributed by atoms with Gasteiger partial charge in [-0.05, 0) is 55.2 Å². The minimum Gasteiger partial charge on any atom is -0.486 e. The smallest absolute Gasteiger partial charge is 0.254 e. The molecule has 1 fully saturated rings. The van der Waals surface area contributed by atoms with Crippen LogP contribution in [-0.2, 0) is 10.0 Å². The standard InChI is InChI=1S/C22H26N2O5S/c1-2-13-30(26,27)23-18-6-3-5-17(14-18)22(25)24-10-4-7-19(24)16-8-9-20-21(15-16)29-12-11-28-20/h3,5-6,8-9,14-15,19,23H,2,4,7,10-13H2,1H3. The van der Waals surface area contributed by atoms with Crippen LogP contribution >= 0.6 is 0 Å². The lowest BCUT2D eigenvalue weighted by molar-refractivity contribution is 0.0735. The molecule has 0 radical (unpaired) electrons. The first-order valence-electron chi connectivity index (χ1n) is 10.3. The van der Waals surface area contributed by atoms with Crippen LogP contribution in [0.15, 0.2) is 42.5 Å². The number of nitrogens with one attached hydrogen (secondary N) is 1. The van der Waals surface area contributed by atoms with E-state index in [9.17, 15) is 13.2 Å². The maximum Gasteiger partial charge on any atom is 0.254 e. The van der Waals surface area contributed by atoms with E-state index in [0.717, 1.165) is 24.2 Å². The summed E-state index contributed by atoms with van der Waals surface area (Å²) >= 11 is 0. The van der Waals surface area contributed by atoms with Crippen LogP contribution in [0.2, 0.25) is 0 Å². The molecule has 0 spiro atoms. The second-order valence-corrected chi connectivity index (χ2v) is 9.40. The third kappa shape index (κ3) is 4.38. The van der Waals surface area contributed by atoms with Gasteiger partial charge in [0, 0.05) is 17.8 Å². The first kappa shape index (κ1) is 20.5. The van der Waals surface area contributed by atoms with E-state index in [1.165, 1.54) is 0 Å². The zero-order chi connectivity index (χ0) is 21.1. The Balaban J connectivity index is 1.55. The Labute approximate surface area is 177 Å². The van der Waals surface area contributed by atoms with Gasteiger partial charge in [-0.25, -0.2) is 8.42 Å². The van der Waals surface area contributed by atoms with Crippen molar-refractivity contribution in [2.75, 3.05) is 30.2 Å². The zero-order valence-corrected chi connectivity index (χ0v) is 17.8. The topological polar surface area (TPSA) is 84.9 Å². The Morgan fingerprint density at radius 3 is 2.73 bits per heavy atom. The van der Waals surface area contributed by atoms with E-state index in [1.807, 2.05) is 30.0 Å². The fourth-order valence-corrected chi connectivity index (χ4v) is 5.13. The molecule has 1 atom stereocenters. The van der Waals surface area contributed by atoms with Crippen LogP contribution in [0, 0.1) is 0 Å². The number of carbonyl (C=O) groups is 1. The average Bonchev–Trinajstić information content (AvgIpc) is 3.22. The molecule has 0 aliphatic carbocycles. The molecule has 1 saturated heterocycles. The summed E-state index contributed by atoms with van der Waals surface area (Å²) in [5.74, 6) is 1.38. The highest BCUT2D eigenvalue weighted by molar-refractivity contribution is 7.92. The maximum absolute atomic E-state index is 13.3. The number of fused-ring (bicyclic) bond motifs is 1. The molecule has 7 nitrogen and oxygen atoms in total. The summed E-state index contributed by atoms with van der Waals surface area (Å²) < 4.78 is 38.0. The fraction of sp³-hybridized carbons (Fsp3) is 0.409. The van der Waals surface area contributed by atoms with E-state index < -0.39 is 10.0 Å². The van der Waals surface area contributed by atoms with Gasteiger partial charge in [-0.3, -0.25) is 9.52 Å². The van der Waals surface area contributed by atoms with Crippen LogP contribution in [0.4, 0.5) is 5.69 Å². The van der Waals surface area contributed by atoms with Gasteiger partial charge in [0.2, 0.25) is 10.0 Å². The van der Waals surface area contributed by atoms with Gasteiger partial charge in [0.1, 0.15) is 13.2 Å². The van der Waals surface area contributed by atoms with Crippen LogP contribution in [0.1, 0.15) is 48.1 Å². The van der Waals surface area contributed by atoms with Gasteiger partial charge in [0.25, 0.3) is 5.91 Å². The molecule has 2 heterocycles.